The highest BCUT2D eigenvalue weighted by Gasteiger charge is 2.13. The number of hydrogen-bond donors (Lipinski definition) is 1. The first-order valence-electron chi connectivity index (χ1n) is 8.87. The van der Waals surface area contributed by atoms with Crippen LogP contribution in [0.3, 0.4) is 0 Å². The summed E-state index contributed by atoms with van der Waals surface area (Å²) < 4.78 is 5.14. The van der Waals surface area contributed by atoms with Crippen LogP contribution in [0.1, 0.15) is 41.6 Å². The van der Waals surface area contributed by atoms with Crippen LogP contribution in [0.2, 0.25) is 0 Å². The third-order valence-corrected chi connectivity index (χ3v) is 4.57. The van der Waals surface area contributed by atoms with E-state index in [1.165, 1.54) is 25.7 Å². The van der Waals surface area contributed by atoms with Crippen molar-refractivity contribution >= 4 is 11.6 Å². The van der Waals surface area contributed by atoms with Crippen LogP contribution in [0.4, 0.5) is 5.69 Å². The lowest BCUT2D eigenvalue weighted by atomic mass is 10.2. The summed E-state index contributed by atoms with van der Waals surface area (Å²) in [5.41, 5.74) is 2.68. The first kappa shape index (κ1) is 17.3. The monoisotopic (exact) mass is 339 g/mol. The van der Waals surface area contributed by atoms with Gasteiger partial charge in [-0.05, 0) is 36.6 Å². The quantitative estimate of drug-likeness (QED) is 0.907. The second-order valence-electron chi connectivity index (χ2n) is 6.36. The van der Waals surface area contributed by atoms with Gasteiger partial charge in [0, 0.05) is 25.8 Å². The lowest BCUT2D eigenvalue weighted by Crippen LogP contribution is -2.26. The summed E-state index contributed by atoms with van der Waals surface area (Å²) in [6.45, 7) is 2.56. The van der Waals surface area contributed by atoms with Crippen LogP contribution < -0.4 is 15.0 Å². The number of nitrogens with one attached hydrogen (secondary N) is 1. The number of benzene rings is 1. The van der Waals surface area contributed by atoms with Gasteiger partial charge >= 0.3 is 0 Å². The van der Waals surface area contributed by atoms with Crippen LogP contribution in [-0.2, 0) is 6.54 Å². The molecule has 2 heterocycles. The van der Waals surface area contributed by atoms with Crippen LogP contribution in [-0.4, -0.2) is 31.1 Å². The smallest absolute Gasteiger partial charge is 0.253 e. The van der Waals surface area contributed by atoms with E-state index in [2.05, 4.69) is 15.2 Å². The number of ether oxygens (including phenoxy) is 1. The van der Waals surface area contributed by atoms with Crippen molar-refractivity contribution in [2.45, 2.75) is 32.2 Å². The molecule has 3 rings (SSSR count). The van der Waals surface area contributed by atoms with Crippen LogP contribution in [0.5, 0.6) is 5.75 Å². The molecule has 0 unspecified atom stereocenters. The molecule has 1 aromatic heterocycles. The maximum absolute atomic E-state index is 12.4. The second-order valence-corrected chi connectivity index (χ2v) is 6.36. The average Bonchev–Trinajstić information content (AvgIpc) is 2.96. The molecule has 1 amide bonds. The van der Waals surface area contributed by atoms with Gasteiger partial charge in [0.2, 0.25) is 0 Å². The highest BCUT2D eigenvalue weighted by atomic mass is 16.5. The molecule has 1 aliphatic rings. The average molecular weight is 339 g/mol. The lowest BCUT2D eigenvalue weighted by Gasteiger charge is -2.22. The largest absolute Gasteiger partial charge is 0.497 e. The molecule has 5 heteroatoms. The molecule has 1 saturated heterocycles. The minimum absolute atomic E-state index is 0.0972. The van der Waals surface area contributed by atoms with Crippen molar-refractivity contribution in [2.24, 2.45) is 0 Å². The van der Waals surface area contributed by atoms with Crippen molar-refractivity contribution in [1.29, 1.82) is 0 Å². The summed E-state index contributed by atoms with van der Waals surface area (Å²) >= 11 is 0. The van der Waals surface area contributed by atoms with Gasteiger partial charge in [-0.15, -0.1) is 0 Å². The van der Waals surface area contributed by atoms with E-state index in [0.29, 0.717) is 12.1 Å². The van der Waals surface area contributed by atoms with Crippen LogP contribution in [0.25, 0.3) is 0 Å². The SMILES string of the molecule is COc1ccc(CNC(=O)c2cncc(N3CCCCCC3)c2)cc1. The Balaban J connectivity index is 1.62. The van der Waals surface area contributed by atoms with Crippen molar-refractivity contribution in [2.75, 3.05) is 25.1 Å². The zero-order valence-corrected chi connectivity index (χ0v) is 14.7. The van der Waals surface area contributed by atoms with Crippen molar-refractivity contribution in [3.63, 3.8) is 0 Å². The summed E-state index contributed by atoms with van der Waals surface area (Å²) in [6, 6.07) is 9.63. The molecule has 1 fully saturated rings. The number of hydrogen-bond acceptors (Lipinski definition) is 4. The molecule has 0 saturated carbocycles. The van der Waals surface area contributed by atoms with Gasteiger partial charge in [-0.3, -0.25) is 9.78 Å². The number of aromatic nitrogens is 1. The van der Waals surface area contributed by atoms with Gasteiger partial charge < -0.3 is 15.0 Å². The van der Waals surface area contributed by atoms with E-state index in [0.717, 1.165) is 30.1 Å². The number of carbonyl (C=O) groups is 1. The summed E-state index contributed by atoms with van der Waals surface area (Å²) in [5, 5.41) is 2.96. The minimum Gasteiger partial charge on any atom is -0.497 e. The molecule has 1 aromatic carbocycles. The van der Waals surface area contributed by atoms with Gasteiger partial charge in [0.1, 0.15) is 5.75 Å². The van der Waals surface area contributed by atoms with E-state index >= 15 is 0 Å². The molecule has 25 heavy (non-hydrogen) atoms. The highest BCUT2D eigenvalue weighted by Crippen LogP contribution is 2.19. The van der Waals surface area contributed by atoms with E-state index in [9.17, 15) is 4.79 Å². The standard InChI is InChI=1S/C20H25N3O2/c1-25-19-8-6-16(7-9-19)13-22-20(24)17-12-18(15-21-14-17)23-10-4-2-3-5-11-23/h6-9,12,14-15H,2-5,10-11,13H2,1H3,(H,22,24). The van der Waals surface area contributed by atoms with Gasteiger partial charge in [0.15, 0.2) is 0 Å². The molecule has 1 N–H and O–H groups in total. The van der Waals surface area contributed by atoms with Crippen LogP contribution in [0, 0.1) is 0 Å². The predicted molar refractivity (Wildman–Crippen MR) is 99.1 cm³/mol. The summed E-state index contributed by atoms with van der Waals surface area (Å²) in [5.74, 6) is 0.712. The molecule has 5 nitrogen and oxygen atoms in total. The summed E-state index contributed by atoms with van der Waals surface area (Å²) in [4.78, 5) is 19.1. The summed E-state index contributed by atoms with van der Waals surface area (Å²) in [7, 11) is 1.64. The number of nitrogens with zero attached hydrogens (tertiary/aromatic N) is 2. The van der Waals surface area contributed by atoms with Gasteiger partial charge in [-0.1, -0.05) is 25.0 Å². The third kappa shape index (κ3) is 4.72. The number of rotatable bonds is 5. The van der Waals surface area contributed by atoms with Gasteiger partial charge in [-0.2, -0.15) is 0 Å². The molecule has 0 radical (unpaired) electrons. The Kier molecular flexibility index (Phi) is 5.88. The molecule has 2 aromatic rings. The maximum Gasteiger partial charge on any atom is 0.253 e. The molecule has 0 aliphatic carbocycles. The fourth-order valence-corrected chi connectivity index (χ4v) is 3.08. The highest BCUT2D eigenvalue weighted by molar-refractivity contribution is 5.94. The van der Waals surface area contributed by atoms with Crippen molar-refractivity contribution in [3.8, 4) is 5.75 Å². The van der Waals surface area contributed by atoms with Crippen molar-refractivity contribution in [3.05, 3.63) is 53.9 Å². The Morgan fingerprint density at radius 3 is 2.52 bits per heavy atom. The second kappa shape index (κ2) is 8.51. The maximum atomic E-state index is 12.4. The van der Waals surface area contributed by atoms with E-state index in [1.807, 2.05) is 36.5 Å². The van der Waals surface area contributed by atoms with E-state index < -0.39 is 0 Å². The number of anilines is 1. The molecule has 132 valence electrons. The first-order chi connectivity index (χ1) is 12.3. The van der Waals surface area contributed by atoms with Crippen LogP contribution in [0.15, 0.2) is 42.7 Å². The molecule has 0 spiro atoms. The number of methoxy groups -OCH3 is 1. The van der Waals surface area contributed by atoms with Crippen molar-refractivity contribution in [1.82, 2.24) is 10.3 Å². The zero-order chi connectivity index (χ0) is 17.5. The topological polar surface area (TPSA) is 54.5 Å². The van der Waals surface area contributed by atoms with Crippen molar-refractivity contribution < 1.29 is 9.53 Å². The third-order valence-electron chi connectivity index (χ3n) is 4.57. The number of amides is 1. The fourth-order valence-electron chi connectivity index (χ4n) is 3.08. The number of pyridine rings is 1. The molecule has 0 bridgehead atoms. The minimum atomic E-state index is -0.0972. The zero-order valence-electron chi connectivity index (χ0n) is 14.7. The predicted octanol–water partition coefficient (Wildman–Crippen LogP) is 3.40. The Hall–Kier alpha value is -2.56. The van der Waals surface area contributed by atoms with E-state index in [4.69, 9.17) is 4.74 Å². The van der Waals surface area contributed by atoms with Gasteiger partial charge in [-0.25, -0.2) is 0 Å². The fraction of sp³-hybridized carbons (Fsp3) is 0.400. The van der Waals surface area contributed by atoms with Gasteiger partial charge in [0.25, 0.3) is 5.91 Å². The number of carbonyl (C=O) groups excluding carboxylic acids is 1. The van der Waals surface area contributed by atoms with Crippen LogP contribution >= 0.6 is 0 Å². The Morgan fingerprint density at radius 1 is 1.12 bits per heavy atom. The first-order valence-corrected chi connectivity index (χ1v) is 8.87. The van der Waals surface area contributed by atoms with E-state index in [1.54, 1.807) is 13.3 Å². The normalized spacial score (nSPS) is 14.7. The molecule has 0 atom stereocenters. The molecular formula is C20H25N3O2. The molecular weight excluding hydrogens is 314 g/mol. The molecule has 1 aliphatic heterocycles. The van der Waals surface area contributed by atoms with E-state index in [-0.39, 0.29) is 5.91 Å². The lowest BCUT2D eigenvalue weighted by molar-refractivity contribution is 0.0950. The Morgan fingerprint density at radius 2 is 1.84 bits per heavy atom. The summed E-state index contributed by atoms with van der Waals surface area (Å²) in [6.07, 6.45) is 8.45. The Labute approximate surface area is 149 Å². The Bertz CT molecular complexity index is 692. The van der Waals surface area contributed by atoms with Gasteiger partial charge in [0.05, 0.1) is 24.6 Å².